The van der Waals surface area contributed by atoms with Crippen LogP contribution in [0.2, 0.25) is 5.02 Å². The molecule has 0 saturated heterocycles. The molecule has 3 aromatic rings. The first-order chi connectivity index (χ1) is 12.7. The van der Waals surface area contributed by atoms with E-state index in [4.69, 9.17) is 25.8 Å². The molecule has 0 saturated carbocycles. The minimum atomic E-state index is -0.446. The number of benzene rings is 2. The van der Waals surface area contributed by atoms with Crippen LogP contribution in [0.25, 0.3) is 11.0 Å². The van der Waals surface area contributed by atoms with Crippen LogP contribution in [0.5, 0.6) is 5.75 Å². The van der Waals surface area contributed by atoms with E-state index in [-0.39, 0.29) is 13.4 Å². The fourth-order valence-electron chi connectivity index (χ4n) is 2.92. The van der Waals surface area contributed by atoms with Gasteiger partial charge in [-0.25, -0.2) is 9.48 Å². The Kier molecular flexibility index (Phi) is 4.48. The predicted molar refractivity (Wildman–Crippen MR) is 94.1 cm³/mol. The summed E-state index contributed by atoms with van der Waals surface area (Å²) in [4.78, 5) is 12.4. The maximum Gasteiger partial charge on any atom is 0.338 e. The topological polar surface area (TPSA) is 75.5 Å². The van der Waals surface area contributed by atoms with Crippen LogP contribution in [0, 0.1) is 0 Å². The molecule has 0 N–H and O–H groups in total. The molecule has 1 aliphatic rings. The summed E-state index contributed by atoms with van der Waals surface area (Å²) in [5, 5.41) is 8.65. The molecule has 0 aliphatic carbocycles. The van der Waals surface area contributed by atoms with E-state index in [0.29, 0.717) is 40.6 Å². The molecule has 0 spiro atoms. The lowest BCUT2D eigenvalue weighted by molar-refractivity contribution is -0.0180. The Morgan fingerprint density at radius 1 is 1.35 bits per heavy atom. The van der Waals surface area contributed by atoms with Crippen molar-refractivity contribution in [3.63, 3.8) is 0 Å². The molecule has 0 bridgehead atoms. The third-order valence-corrected chi connectivity index (χ3v) is 4.38. The van der Waals surface area contributed by atoms with Gasteiger partial charge in [0.1, 0.15) is 17.9 Å². The number of halogens is 1. The highest BCUT2D eigenvalue weighted by molar-refractivity contribution is 6.30. The number of carbonyl (C=O) groups excluding carboxylic acids is 1. The molecule has 1 aliphatic heterocycles. The van der Waals surface area contributed by atoms with Crippen molar-refractivity contribution in [3.8, 4) is 5.75 Å². The number of ether oxygens (including phenoxy) is 3. The maximum absolute atomic E-state index is 12.4. The fourth-order valence-corrected chi connectivity index (χ4v) is 3.19. The molecule has 0 fully saturated rings. The van der Waals surface area contributed by atoms with E-state index in [9.17, 15) is 4.79 Å². The van der Waals surface area contributed by atoms with Gasteiger partial charge in [-0.1, -0.05) is 16.8 Å². The molecule has 8 heteroatoms. The first-order valence-electron chi connectivity index (χ1n) is 8.18. The summed E-state index contributed by atoms with van der Waals surface area (Å²) in [6.45, 7) is 3.33. The number of esters is 1. The third kappa shape index (κ3) is 3.11. The SMILES string of the molecule is CCn1nnc2cc(C(=O)OCc3cc(Cl)cc4c3OCOC4)ccc21. The summed E-state index contributed by atoms with van der Waals surface area (Å²) in [6, 6.07) is 8.71. The normalized spacial score (nSPS) is 13.3. The van der Waals surface area contributed by atoms with Crippen molar-refractivity contribution in [1.29, 1.82) is 0 Å². The zero-order chi connectivity index (χ0) is 18.1. The summed E-state index contributed by atoms with van der Waals surface area (Å²) in [7, 11) is 0. The predicted octanol–water partition coefficient (Wildman–Crippen LogP) is 3.33. The zero-order valence-electron chi connectivity index (χ0n) is 14.1. The molecule has 1 aromatic heterocycles. The molecular weight excluding hydrogens is 358 g/mol. The summed E-state index contributed by atoms with van der Waals surface area (Å²) in [5.41, 5.74) is 3.50. The van der Waals surface area contributed by atoms with E-state index < -0.39 is 5.97 Å². The van der Waals surface area contributed by atoms with Crippen molar-refractivity contribution < 1.29 is 19.0 Å². The second kappa shape index (κ2) is 6.93. The van der Waals surface area contributed by atoms with Crippen LogP contribution < -0.4 is 4.74 Å². The smallest absolute Gasteiger partial charge is 0.338 e. The molecular formula is C18H16ClN3O4. The van der Waals surface area contributed by atoms with Crippen LogP contribution in [0.15, 0.2) is 30.3 Å². The van der Waals surface area contributed by atoms with Gasteiger partial charge in [0.25, 0.3) is 0 Å². The maximum atomic E-state index is 12.4. The second-order valence-electron chi connectivity index (χ2n) is 5.85. The van der Waals surface area contributed by atoms with Gasteiger partial charge in [-0.3, -0.25) is 0 Å². The number of rotatable bonds is 4. The van der Waals surface area contributed by atoms with Gasteiger partial charge in [0.2, 0.25) is 0 Å². The van der Waals surface area contributed by atoms with Gasteiger partial charge in [0.05, 0.1) is 17.7 Å². The molecule has 2 heterocycles. The molecule has 2 aromatic carbocycles. The lowest BCUT2D eigenvalue weighted by atomic mass is 10.1. The summed E-state index contributed by atoms with van der Waals surface area (Å²) >= 11 is 6.13. The van der Waals surface area contributed by atoms with Crippen LogP contribution >= 0.6 is 11.6 Å². The van der Waals surface area contributed by atoms with Gasteiger partial charge in [0, 0.05) is 22.7 Å². The first kappa shape index (κ1) is 16.8. The van der Waals surface area contributed by atoms with Crippen molar-refractivity contribution in [3.05, 3.63) is 52.0 Å². The quantitative estimate of drug-likeness (QED) is 0.653. The number of hydrogen-bond donors (Lipinski definition) is 0. The van der Waals surface area contributed by atoms with Crippen LogP contribution in [-0.2, 0) is 29.2 Å². The number of aromatic nitrogens is 3. The van der Waals surface area contributed by atoms with Crippen molar-refractivity contribution in [2.75, 3.05) is 6.79 Å². The monoisotopic (exact) mass is 373 g/mol. The fraction of sp³-hybridized carbons (Fsp3) is 0.278. The third-order valence-electron chi connectivity index (χ3n) is 4.16. The van der Waals surface area contributed by atoms with Crippen LogP contribution in [-0.4, -0.2) is 27.8 Å². The van der Waals surface area contributed by atoms with Gasteiger partial charge in [0.15, 0.2) is 6.79 Å². The standard InChI is InChI=1S/C18H16ClN3O4/c1-2-22-16-4-3-11(7-15(16)20-21-22)18(23)25-9-13-6-14(19)5-12-8-24-10-26-17(12)13/h3-7H,2,8-10H2,1H3. The summed E-state index contributed by atoms with van der Waals surface area (Å²) in [5.74, 6) is 0.216. The Hall–Kier alpha value is -2.64. The van der Waals surface area contributed by atoms with Gasteiger partial charge in [-0.15, -0.1) is 5.10 Å². The average Bonchev–Trinajstić information content (AvgIpc) is 3.08. The minimum Gasteiger partial charge on any atom is -0.467 e. The van der Waals surface area contributed by atoms with E-state index in [1.54, 1.807) is 28.9 Å². The Morgan fingerprint density at radius 3 is 3.08 bits per heavy atom. The lowest BCUT2D eigenvalue weighted by Crippen LogP contribution is -2.14. The summed E-state index contributed by atoms with van der Waals surface area (Å²) < 4.78 is 18.0. The highest BCUT2D eigenvalue weighted by Crippen LogP contribution is 2.32. The Bertz CT molecular complexity index is 986. The van der Waals surface area contributed by atoms with Crippen LogP contribution in [0.4, 0.5) is 0 Å². The lowest BCUT2D eigenvalue weighted by Gasteiger charge is -2.21. The largest absolute Gasteiger partial charge is 0.467 e. The van der Waals surface area contributed by atoms with Crippen molar-refractivity contribution >= 4 is 28.6 Å². The Labute approximate surface area is 154 Å². The molecule has 134 valence electrons. The van der Waals surface area contributed by atoms with E-state index in [1.165, 1.54) is 0 Å². The van der Waals surface area contributed by atoms with Crippen LogP contribution in [0.3, 0.4) is 0 Å². The highest BCUT2D eigenvalue weighted by atomic mass is 35.5. The van der Waals surface area contributed by atoms with Crippen LogP contribution in [0.1, 0.15) is 28.4 Å². The van der Waals surface area contributed by atoms with E-state index >= 15 is 0 Å². The number of nitrogens with zero attached hydrogens (tertiary/aromatic N) is 3. The number of hydrogen-bond acceptors (Lipinski definition) is 6. The van der Waals surface area contributed by atoms with Gasteiger partial charge in [-0.05, 0) is 37.3 Å². The highest BCUT2D eigenvalue weighted by Gasteiger charge is 2.18. The number of fused-ring (bicyclic) bond motifs is 2. The molecule has 0 radical (unpaired) electrons. The Morgan fingerprint density at radius 2 is 2.23 bits per heavy atom. The molecule has 4 rings (SSSR count). The summed E-state index contributed by atoms with van der Waals surface area (Å²) in [6.07, 6.45) is 0. The number of carbonyl (C=O) groups is 1. The van der Waals surface area contributed by atoms with Gasteiger partial charge >= 0.3 is 5.97 Å². The van der Waals surface area contributed by atoms with Gasteiger partial charge < -0.3 is 14.2 Å². The molecule has 0 amide bonds. The Balaban J connectivity index is 1.53. The second-order valence-corrected chi connectivity index (χ2v) is 6.29. The van der Waals surface area contributed by atoms with Crippen molar-refractivity contribution in [2.24, 2.45) is 0 Å². The van der Waals surface area contributed by atoms with Crippen molar-refractivity contribution in [1.82, 2.24) is 15.0 Å². The number of aryl methyl sites for hydroxylation is 1. The molecule has 0 unspecified atom stereocenters. The average molecular weight is 374 g/mol. The zero-order valence-corrected chi connectivity index (χ0v) is 14.8. The minimum absolute atomic E-state index is 0.0570. The molecule has 26 heavy (non-hydrogen) atoms. The first-order valence-corrected chi connectivity index (χ1v) is 8.55. The van der Waals surface area contributed by atoms with E-state index in [1.807, 2.05) is 13.0 Å². The van der Waals surface area contributed by atoms with E-state index in [2.05, 4.69) is 10.3 Å². The van der Waals surface area contributed by atoms with E-state index in [0.717, 1.165) is 11.1 Å². The molecule has 7 nitrogen and oxygen atoms in total. The van der Waals surface area contributed by atoms with Gasteiger partial charge in [-0.2, -0.15) is 0 Å². The molecule has 0 atom stereocenters. The van der Waals surface area contributed by atoms with Crippen molar-refractivity contribution in [2.45, 2.75) is 26.7 Å².